The highest BCUT2D eigenvalue weighted by atomic mass is 16.7. The average molecular weight is 532 g/mol. The first-order valence-electron chi connectivity index (χ1n) is 15.3. The van der Waals surface area contributed by atoms with Crippen LogP contribution in [0.1, 0.15) is 124 Å². The molecule has 1 aromatic rings. The van der Waals surface area contributed by atoms with E-state index in [9.17, 15) is 0 Å². The van der Waals surface area contributed by atoms with Crippen LogP contribution in [0.2, 0.25) is 0 Å². The number of benzene rings is 1. The van der Waals surface area contributed by atoms with Gasteiger partial charge in [0.05, 0.1) is 19.3 Å². The molecule has 6 heteroatoms. The highest BCUT2D eigenvalue weighted by Gasteiger charge is 2.57. The summed E-state index contributed by atoms with van der Waals surface area (Å²) in [7, 11) is 0. The number of hydrogen-bond acceptors (Lipinski definition) is 6. The number of ether oxygens (including phenoxy) is 4. The second-order valence-electron chi connectivity index (χ2n) is 13.1. The zero-order valence-corrected chi connectivity index (χ0v) is 24.9. The SMILES string of the molecule is CCCCCCCCCCC1COC2(CC(C)(C)N(OC(C)c3ccc(OCC4CO4)cc3)C(C)(C)C2)O1. The zero-order valence-electron chi connectivity index (χ0n) is 24.9. The molecule has 3 heterocycles. The maximum atomic E-state index is 6.69. The van der Waals surface area contributed by atoms with Gasteiger partial charge < -0.3 is 18.9 Å². The van der Waals surface area contributed by atoms with Gasteiger partial charge in [0.2, 0.25) is 0 Å². The maximum Gasteiger partial charge on any atom is 0.172 e. The molecular weight excluding hydrogens is 478 g/mol. The average Bonchev–Trinajstić information content (AvgIpc) is 3.62. The third-order valence-electron chi connectivity index (χ3n) is 8.25. The Morgan fingerprint density at radius 3 is 2.08 bits per heavy atom. The number of unbranched alkanes of at least 4 members (excludes halogenated alkanes) is 7. The van der Waals surface area contributed by atoms with Crippen LogP contribution in [0, 0.1) is 0 Å². The molecule has 1 spiro atoms. The minimum absolute atomic E-state index is 0.0800. The summed E-state index contributed by atoms with van der Waals surface area (Å²) < 4.78 is 24.2. The molecule has 4 rings (SSSR count). The Hall–Kier alpha value is -1.18. The molecule has 0 N–H and O–H groups in total. The molecule has 6 nitrogen and oxygen atoms in total. The van der Waals surface area contributed by atoms with Gasteiger partial charge in [-0.2, -0.15) is 5.06 Å². The van der Waals surface area contributed by atoms with E-state index in [1.165, 1.54) is 51.4 Å². The quantitative estimate of drug-likeness (QED) is 0.170. The van der Waals surface area contributed by atoms with Gasteiger partial charge in [-0.15, -0.1) is 0 Å². The Balaban J connectivity index is 1.26. The Morgan fingerprint density at radius 1 is 0.868 bits per heavy atom. The summed E-state index contributed by atoms with van der Waals surface area (Å²) in [5.74, 6) is 0.347. The van der Waals surface area contributed by atoms with Crippen LogP contribution in [0.25, 0.3) is 0 Å². The van der Waals surface area contributed by atoms with E-state index < -0.39 is 5.79 Å². The number of hydrogen-bond donors (Lipinski definition) is 0. The van der Waals surface area contributed by atoms with Crippen molar-refractivity contribution in [3.8, 4) is 5.75 Å². The lowest BCUT2D eigenvalue weighted by atomic mass is 9.78. The van der Waals surface area contributed by atoms with Crippen molar-refractivity contribution in [2.45, 2.75) is 147 Å². The van der Waals surface area contributed by atoms with Crippen LogP contribution in [-0.2, 0) is 19.0 Å². The molecule has 3 fully saturated rings. The maximum absolute atomic E-state index is 6.69. The van der Waals surface area contributed by atoms with Gasteiger partial charge in [-0.3, -0.25) is 4.84 Å². The topological polar surface area (TPSA) is 52.7 Å². The Morgan fingerprint density at radius 2 is 1.47 bits per heavy atom. The smallest absolute Gasteiger partial charge is 0.172 e. The molecule has 3 unspecified atom stereocenters. The van der Waals surface area contributed by atoms with E-state index in [2.05, 4.69) is 58.7 Å². The lowest BCUT2D eigenvalue weighted by Gasteiger charge is -2.56. The first-order valence-corrected chi connectivity index (χ1v) is 15.3. The Bertz CT molecular complexity index is 832. The summed E-state index contributed by atoms with van der Waals surface area (Å²) in [5.41, 5.74) is 0.652. The molecule has 3 atom stereocenters. The van der Waals surface area contributed by atoms with Crippen LogP contribution in [0.4, 0.5) is 0 Å². The number of epoxide rings is 1. The third kappa shape index (κ3) is 8.17. The Kier molecular flexibility index (Phi) is 10.2. The van der Waals surface area contributed by atoms with E-state index in [0.717, 1.165) is 37.2 Å². The van der Waals surface area contributed by atoms with E-state index in [1.54, 1.807) is 0 Å². The fourth-order valence-corrected chi connectivity index (χ4v) is 6.49. The number of piperidine rings is 1. The molecule has 3 saturated heterocycles. The summed E-state index contributed by atoms with van der Waals surface area (Å²) in [6.45, 7) is 15.5. The van der Waals surface area contributed by atoms with Crippen molar-refractivity contribution in [1.29, 1.82) is 0 Å². The van der Waals surface area contributed by atoms with Crippen LogP contribution in [-0.4, -0.2) is 54.0 Å². The minimum Gasteiger partial charge on any atom is -0.491 e. The standard InChI is InChI=1S/C32H53NO5/c1-7-8-9-10-11-12-13-14-15-28-22-36-32(37-28)23-30(3,4)33(31(5,6)24-32)38-25(2)26-16-18-27(19-17-26)34-20-29-21-35-29/h16-19,25,28-29H,7-15,20-24H2,1-6H3. The van der Waals surface area contributed by atoms with E-state index in [1.807, 2.05) is 12.1 Å². The second kappa shape index (κ2) is 13.0. The molecule has 0 aliphatic carbocycles. The van der Waals surface area contributed by atoms with Gasteiger partial charge in [0.1, 0.15) is 24.6 Å². The number of rotatable bonds is 15. The van der Waals surface area contributed by atoms with Gasteiger partial charge >= 0.3 is 0 Å². The molecule has 0 amide bonds. The van der Waals surface area contributed by atoms with Crippen molar-refractivity contribution in [3.63, 3.8) is 0 Å². The van der Waals surface area contributed by atoms with Crippen LogP contribution in [0.5, 0.6) is 5.75 Å². The van der Waals surface area contributed by atoms with Gasteiger partial charge in [-0.25, -0.2) is 0 Å². The van der Waals surface area contributed by atoms with Crippen LogP contribution in [0.15, 0.2) is 24.3 Å². The fourth-order valence-electron chi connectivity index (χ4n) is 6.49. The lowest BCUT2D eigenvalue weighted by Crippen LogP contribution is -2.65. The highest BCUT2D eigenvalue weighted by molar-refractivity contribution is 5.28. The largest absolute Gasteiger partial charge is 0.491 e. The van der Waals surface area contributed by atoms with E-state index in [4.69, 9.17) is 23.8 Å². The minimum atomic E-state index is -0.523. The summed E-state index contributed by atoms with van der Waals surface area (Å²) in [5, 5.41) is 2.20. The van der Waals surface area contributed by atoms with Crippen molar-refractivity contribution in [3.05, 3.63) is 29.8 Å². The highest BCUT2D eigenvalue weighted by Crippen LogP contribution is 2.49. The van der Waals surface area contributed by atoms with Crippen LogP contribution >= 0.6 is 0 Å². The zero-order chi connectivity index (χ0) is 27.2. The molecule has 0 radical (unpaired) electrons. The van der Waals surface area contributed by atoms with Gasteiger partial charge in [0, 0.05) is 23.9 Å². The van der Waals surface area contributed by atoms with Crippen molar-refractivity contribution >= 4 is 0 Å². The fraction of sp³-hybridized carbons (Fsp3) is 0.812. The molecule has 1 aromatic carbocycles. The summed E-state index contributed by atoms with van der Waals surface area (Å²) in [4.78, 5) is 6.67. The summed E-state index contributed by atoms with van der Waals surface area (Å²) in [6, 6.07) is 8.23. The summed E-state index contributed by atoms with van der Waals surface area (Å²) >= 11 is 0. The van der Waals surface area contributed by atoms with Gasteiger partial charge in [-0.05, 0) is 58.7 Å². The second-order valence-corrected chi connectivity index (χ2v) is 13.1. The molecule has 0 bridgehead atoms. The molecule has 216 valence electrons. The monoisotopic (exact) mass is 531 g/mol. The normalized spacial score (nSPS) is 26.5. The van der Waals surface area contributed by atoms with Crippen molar-refractivity contribution in [2.24, 2.45) is 0 Å². The van der Waals surface area contributed by atoms with E-state index >= 15 is 0 Å². The Labute approximate surface area is 231 Å². The van der Waals surface area contributed by atoms with Crippen molar-refractivity contribution in [1.82, 2.24) is 5.06 Å². The summed E-state index contributed by atoms with van der Waals surface area (Å²) in [6.07, 6.45) is 13.8. The number of hydroxylamine groups is 2. The molecule has 3 aliphatic rings. The van der Waals surface area contributed by atoms with E-state index in [-0.39, 0.29) is 29.4 Å². The predicted molar refractivity (Wildman–Crippen MR) is 151 cm³/mol. The lowest BCUT2D eigenvalue weighted by molar-refractivity contribution is -0.351. The first kappa shape index (κ1) is 29.8. The third-order valence-corrected chi connectivity index (χ3v) is 8.25. The van der Waals surface area contributed by atoms with Crippen molar-refractivity contribution in [2.75, 3.05) is 19.8 Å². The van der Waals surface area contributed by atoms with Gasteiger partial charge in [0.15, 0.2) is 5.79 Å². The van der Waals surface area contributed by atoms with Crippen LogP contribution < -0.4 is 4.74 Å². The van der Waals surface area contributed by atoms with Crippen molar-refractivity contribution < 1.29 is 23.8 Å². The molecule has 38 heavy (non-hydrogen) atoms. The predicted octanol–water partition coefficient (Wildman–Crippen LogP) is 7.75. The first-order chi connectivity index (χ1) is 18.1. The molecule has 0 saturated carbocycles. The van der Waals surface area contributed by atoms with Crippen LogP contribution in [0.3, 0.4) is 0 Å². The number of nitrogens with zero attached hydrogens (tertiary/aromatic N) is 1. The van der Waals surface area contributed by atoms with Gasteiger partial charge in [0.25, 0.3) is 0 Å². The van der Waals surface area contributed by atoms with E-state index in [0.29, 0.717) is 13.2 Å². The van der Waals surface area contributed by atoms with Gasteiger partial charge in [-0.1, -0.05) is 70.4 Å². The molecular formula is C32H53NO5. The molecule has 3 aliphatic heterocycles. The molecule has 0 aromatic heterocycles.